The number of nitrogens with one attached hydrogen (secondary N) is 2. The van der Waals surface area contributed by atoms with Crippen LogP contribution in [0.4, 0.5) is 5.69 Å². The summed E-state index contributed by atoms with van der Waals surface area (Å²) in [6.45, 7) is 4.59. The summed E-state index contributed by atoms with van der Waals surface area (Å²) in [5.41, 5.74) is 0.877. The van der Waals surface area contributed by atoms with Crippen LogP contribution in [0.1, 0.15) is 19.4 Å². The lowest BCUT2D eigenvalue weighted by Gasteiger charge is -2.09. The number of nitro benzene ring substituents is 1. The number of benzene rings is 1. The van der Waals surface area contributed by atoms with Crippen LogP contribution in [0.3, 0.4) is 0 Å². The van der Waals surface area contributed by atoms with Crippen molar-refractivity contribution in [2.45, 2.75) is 26.3 Å². The second-order valence-electron chi connectivity index (χ2n) is 5.00. The molecule has 0 aliphatic heterocycles. The van der Waals surface area contributed by atoms with Crippen molar-refractivity contribution < 1.29 is 13.3 Å². The lowest BCUT2D eigenvalue weighted by molar-refractivity contribution is -0.384. The van der Waals surface area contributed by atoms with Gasteiger partial charge in [-0.1, -0.05) is 26.0 Å². The zero-order chi connectivity index (χ0) is 15.9. The SMILES string of the molecule is CC(C)NCCS(=O)(=O)NCCc1ccc([N+](=O)[O-])cc1. The van der Waals surface area contributed by atoms with E-state index in [2.05, 4.69) is 10.0 Å². The summed E-state index contributed by atoms with van der Waals surface area (Å²) in [4.78, 5) is 10.0. The highest BCUT2D eigenvalue weighted by Gasteiger charge is 2.10. The second-order valence-corrected chi connectivity index (χ2v) is 6.92. The third-order valence-corrected chi connectivity index (χ3v) is 4.19. The van der Waals surface area contributed by atoms with Gasteiger partial charge in [0.2, 0.25) is 10.0 Å². The zero-order valence-electron chi connectivity index (χ0n) is 12.2. The van der Waals surface area contributed by atoms with E-state index in [0.29, 0.717) is 13.0 Å². The third kappa shape index (κ3) is 7.16. The summed E-state index contributed by atoms with van der Waals surface area (Å²) in [7, 11) is -3.29. The Kier molecular flexibility index (Phi) is 6.73. The maximum atomic E-state index is 11.7. The van der Waals surface area contributed by atoms with Crippen molar-refractivity contribution in [3.8, 4) is 0 Å². The molecule has 0 saturated carbocycles. The molecule has 0 amide bonds. The first-order valence-electron chi connectivity index (χ1n) is 6.74. The smallest absolute Gasteiger partial charge is 0.269 e. The van der Waals surface area contributed by atoms with Crippen molar-refractivity contribution in [1.82, 2.24) is 10.0 Å². The lowest BCUT2D eigenvalue weighted by Crippen LogP contribution is -2.35. The first-order chi connectivity index (χ1) is 9.80. The van der Waals surface area contributed by atoms with Crippen molar-refractivity contribution >= 4 is 15.7 Å². The fourth-order valence-electron chi connectivity index (χ4n) is 1.69. The van der Waals surface area contributed by atoms with Gasteiger partial charge in [0.05, 0.1) is 10.7 Å². The van der Waals surface area contributed by atoms with Crippen molar-refractivity contribution in [2.75, 3.05) is 18.8 Å². The molecule has 1 aromatic carbocycles. The van der Waals surface area contributed by atoms with Gasteiger partial charge in [0, 0.05) is 31.3 Å². The molecule has 2 N–H and O–H groups in total. The van der Waals surface area contributed by atoms with Crippen molar-refractivity contribution in [1.29, 1.82) is 0 Å². The normalized spacial score (nSPS) is 11.8. The number of nitrogens with zero attached hydrogens (tertiary/aromatic N) is 1. The number of sulfonamides is 1. The Bertz CT molecular complexity index is 555. The highest BCUT2D eigenvalue weighted by Crippen LogP contribution is 2.11. The van der Waals surface area contributed by atoms with E-state index in [9.17, 15) is 18.5 Å². The van der Waals surface area contributed by atoms with Crippen LogP contribution < -0.4 is 10.0 Å². The van der Waals surface area contributed by atoms with Gasteiger partial charge in [-0.2, -0.15) is 0 Å². The van der Waals surface area contributed by atoms with Gasteiger partial charge in [-0.25, -0.2) is 13.1 Å². The van der Waals surface area contributed by atoms with Crippen LogP contribution in [0.2, 0.25) is 0 Å². The van der Waals surface area contributed by atoms with Crippen LogP contribution in [0.25, 0.3) is 0 Å². The number of hydrogen-bond donors (Lipinski definition) is 2. The molecule has 0 unspecified atom stereocenters. The highest BCUT2D eigenvalue weighted by molar-refractivity contribution is 7.89. The predicted molar refractivity (Wildman–Crippen MR) is 81.7 cm³/mol. The van der Waals surface area contributed by atoms with E-state index in [1.54, 1.807) is 12.1 Å². The second kappa shape index (κ2) is 8.06. The summed E-state index contributed by atoms with van der Waals surface area (Å²) in [6, 6.07) is 6.34. The third-order valence-electron chi connectivity index (χ3n) is 2.81. The van der Waals surface area contributed by atoms with E-state index in [1.807, 2.05) is 13.8 Å². The summed E-state index contributed by atoms with van der Waals surface area (Å²) < 4.78 is 25.9. The van der Waals surface area contributed by atoms with Crippen LogP contribution in [0.15, 0.2) is 24.3 Å². The van der Waals surface area contributed by atoms with E-state index >= 15 is 0 Å². The standard InChI is InChI=1S/C13H21N3O4S/c1-11(2)14-9-10-21(19,20)15-8-7-12-3-5-13(6-4-12)16(17)18/h3-6,11,14-15H,7-10H2,1-2H3. The number of nitro groups is 1. The summed E-state index contributed by atoms with van der Waals surface area (Å²) in [5, 5.41) is 13.6. The molecular formula is C13H21N3O4S. The van der Waals surface area contributed by atoms with E-state index < -0.39 is 14.9 Å². The molecule has 0 aromatic heterocycles. The molecule has 0 fully saturated rings. The monoisotopic (exact) mass is 315 g/mol. The molecule has 21 heavy (non-hydrogen) atoms. The van der Waals surface area contributed by atoms with Gasteiger partial charge in [0.25, 0.3) is 5.69 Å². The molecule has 0 radical (unpaired) electrons. The van der Waals surface area contributed by atoms with Gasteiger partial charge in [-0.15, -0.1) is 0 Å². The average Bonchev–Trinajstić information content (AvgIpc) is 2.38. The molecule has 1 aromatic rings. The van der Waals surface area contributed by atoms with Crippen LogP contribution in [0.5, 0.6) is 0 Å². The van der Waals surface area contributed by atoms with Gasteiger partial charge in [-0.3, -0.25) is 10.1 Å². The quantitative estimate of drug-likeness (QED) is 0.524. The minimum Gasteiger partial charge on any atom is -0.313 e. The van der Waals surface area contributed by atoms with Crippen molar-refractivity contribution in [3.63, 3.8) is 0 Å². The Balaban J connectivity index is 2.36. The molecule has 0 spiro atoms. The van der Waals surface area contributed by atoms with Gasteiger partial charge in [-0.05, 0) is 12.0 Å². The Labute approximate surface area is 124 Å². The van der Waals surface area contributed by atoms with Crippen LogP contribution in [-0.2, 0) is 16.4 Å². The Hall–Kier alpha value is -1.51. The largest absolute Gasteiger partial charge is 0.313 e. The number of hydrogen-bond acceptors (Lipinski definition) is 5. The van der Waals surface area contributed by atoms with Gasteiger partial charge < -0.3 is 5.32 Å². The van der Waals surface area contributed by atoms with E-state index in [4.69, 9.17) is 0 Å². The molecular weight excluding hydrogens is 294 g/mol. The van der Waals surface area contributed by atoms with E-state index in [-0.39, 0.29) is 24.0 Å². The van der Waals surface area contributed by atoms with Gasteiger partial charge >= 0.3 is 0 Å². The molecule has 0 atom stereocenters. The van der Waals surface area contributed by atoms with Crippen molar-refractivity contribution in [3.05, 3.63) is 39.9 Å². The first kappa shape index (κ1) is 17.5. The fourth-order valence-corrected chi connectivity index (χ4v) is 2.63. The Morgan fingerprint density at radius 1 is 1.19 bits per heavy atom. The summed E-state index contributed by atoms with van der Waals surface area (Å²) in [5.74, 6) is 0.0332. The predicted octanol–water partition coefficient (Wildman–Crippen LogP) is 1.05. The molecule has 0 heterocycles. The number of non-ortho nitro benzene ring substituents is 1. The zero-order valence-corrected chi connectivity index (χ0v) is 13.0. The topological polar surface area (TPSA) is 101 Å². The molecule has 1 rings (SSSR count). The van der Waals surface area contributed by atoms with Gasteiger partial charge in [0.15, 0.2) is 0 Å². The average molecular weight is 315 g/mol. The Morgan fingerprint density at radius 3 is 2.33 bits per heavy atom. The minimum absolute atomic E-state index is 0.0269. The molecule has 118 valence electrons. The lowest BCUT2D eigenvalue weighted by atomic mass is 10.1. The van der Waals surface area contributed by atoms with E-state index in [0.717, 1.165) is 5.56 Å². The van der Waals surface area contributed by atoms with Crippen LogP contribution in [0, 0.1) is 10.1 Å². The molecule has 8 heteroatoms. The first-order valence-corrected chi connectivity index (χ1v) is 8.39. The molecule has 0 saturated heterocycles. The number of rotatable bonds is 9. The maximum Gasteiger partial charge on any atom is 0.269 e. The van der Waals surface area contributed by atoms with Crippen LogP contribution >= 0.6 is 0 Å². The van der Waals surface area contributed by atoms with E-state index in [1.165, 1.54) is 12.1 Å². The van der Waals surface area contributed by atoms with Crippen LogP contribution in [-0.4, -0.2) is 38.2 Å². The van der Waals surface area contributed by atoms with Crippen molar-refractivity contribution in [2.24, 2.45) is 0 Å². The summed E-state index contributed by atoms with van der Waals surface area (Å²) in [6.07, 6.45) is 0.495. The highest BCUT2D eigenvalue weighted by atomic mass is 32.2. The minimum atomic E-state index is -3.29. The molecule has 0 aliphatic rings. The maximum absolute atomic E-state index is 11.7. The molecule has 7 nitrogen and oxygen atoms in total. The fraction of sp³-hybridized carbons (Fsp3) is 0.538. The van der Waals surface area contributed by atoms with Gasteiger partial charge in [0.1, 0.15) is 0 Å². The Morgan fingerprint density at radius 2 is 1.81 bits per heavy atom. The molecule has 0 bridgehead atoms. The molecule has 0 aliphatic carbocycles. The summed E-state index contributed by atoms with van der Waals surface area (Å²) >= 11 is 0.